The zero-order valence-electron chi connectivity index (χ0n) is 17.5. The molecule has 0 spiro atoms. The van der Waals surface area contributed by atoms with Crippen LogP contribution in [0.15, 0.2) is 89.1 Å². The van der Waals surface area contributed by atoms with Crippen LogP contribution in [0.2, 0.25) is 0 Å². The van der Waals surface area contributed by atoms with Gasteiger partial charge in [-0.3, -0.25) is 0 Å². The van der Waals surface area contributed by atoms with Gasteiger partial charge in [-0.25, -0.2) is 4.79 Å². The molecule has 0 radical (unpaired) electrons. The molecule has 148 valence electrons. The van der Waals surface area contributed by atoms with Crippen molar-refractivity contribution in [2.75, 3.05) is 0 Å². The van der Waals surface area contributed by atoms with E-state index in [1.165, 1.54) is 36.5 Å². The van der Waals surface area contributed by atoms with Crippen LogP contribution in [-0.2, 0) is 11.2 Å². The van der Waals surface area contributed by atoms with E-state index in [4.69, 9.17) is 5.11 Å². The number of carbonyl (C=O) groups is 1. The van der Waals surface area contributed by atoms with Crippen molar-refractivity contribution < 1.29 is 9.90 Å². The normalized spacial score (nSPS) is 18.3. The fourth-order valence-corrected chi connectivity index (χ4v) is 3.73. The summed E-state index contributed by atoms with van der Waals surface area (Å²) in [5.74, 6) is -0.917. The number of carboxylic acid groups (broad SMARTS) is 1. The Morgan fingerprint density at radius 2 is 1.82 bits per heavy atom. The van der Waals surface area contributed by atoms with Crippen molar-refractivity contribution in [1.29, 1.82) is 0 Å². The molecular weight excluding hydrogens is 344 g/mol. The van der Waals surface area contributed by atoms with Crippen molar-refractivity contribution in [3.63, 3.8) is 0 Å². The van der Waals surface area contributed by atoms with E-state index in [-0.39, 0.29) is 5.41 Å². The van der Waals surface area contributed by atoms with E-state index in [9.17, 15) is 4.79 Å². The minimum Gasteiger partial charge on any atom is -0.478 e. The maximum Gasteiger partial charge on any atom is 0.328 e. The molecule has 28 heavy (non-hydrogen) atoms. The number of allylic oxidation sites excluding steroid dienone is 9. The molecule has 1 aromatic rings. The smallest absolute Gasteiger partial charge is 0.328 e. The highest BCUT2D eigenvalue weighted by molar-refractivity contribution is 5.81. The molecule has 2 nitrogen and oxygen atoms in total. The predicted molar refractivity (Wildman–Crippen MR) is 118 cm³/mol. The Hall–Kier alpha value is -2.61. The van der Waals surface area contributed by atoms with Gasteiger partial charge in [0.05, 0.1) is 0 Å². The minimum absolute atomic E-state index is 0.190. The number of hydrogen-bond donors (Lipinski definition) is 1. The Labute approximate surface area is 169 Å². The van der Waals surface area contributed by atoms with Crippen molar-refractivity contribution in [2.45, 2.75) is 53.4 Å². The second-order valence-electron chi connectivity index (χ2n) is 8.25. The second kappa shape index (κ2) is 10.1. The zero-order chi connectivity index (χ0) is 20.6. The van der Waals surface area contributed by atoms with Crippen LogP contribution in [0, 0.1) is 5.41 Å². The Morgan fingerprint density at radius 3 is 2.50 bits per heavy atom. The minimum atomic E-state index is -0.917. The molecule has 0 aliphatic heterocycles. The molecular formula is C26H32O2. The Kier molecular flexibility index (Phi) is 7.80. The van der Waals surface area contributed by atoms with Crippen LogP contribution in [0.1, 0.15) is 52.5 Å². The van der Waals surface area contributed by atoms with Crippen molar-refractivity contribution in [1.82, 2.24) is 0 Å². The first-order valence-corrected chi connectivity index (χ1v) is 9.98. The standard InChI is InChI=1S/C26H32O2/c1-20(10-8-11-21(2)18-25(27)28)15-16-24-23(14-9-17-26(24,3)4)19-22-12-6-5-7-13-22/h5-8,10-13,15-16,18H,9,14,17,19H2,1-4H3,(H,27,28)/b11-8+,16-15+,20-10+,21-18+. The lowest BCUT2D eigenvalue weighted by molar-refractivity contribution is -0.131. The molecule has 1 aliphatic rings. The van der Waals surface area contributed by atoms with Crippen LogP contribution < -0.4 is 0 Å². The summed E-state index contributed by atoms with van der Waals surface area (Å²) < 4.78 is 0. The average molecular weight is 377 g/mol. The van der Waals surface area contributed by atoms with Gasteiger partial charge >= 0.3 is 5.97 Å². The van der Waals surface area contributed by atoms with Gasteiger partial charge in [-0.2, -0.15) is 0 Å². The maximum atomic E-state index is 10.7. The number of aliphatic carboxylic acids is 1. The Balaban J connectivity index is 2.21. The van der Waals surface area contributed by atoms with Gasteiger partial charge in [0.1, 0.15) is 0 Å². The Bertz CT molecular complexity index is 830. The third-order valence-corrected chi connectivity index (χ3v) is 5.23. The first kappa shape index (κ1) is 21.7. The molecule has 0 atom stereocenters. The highest BCUT2D eigenvalue weighted by Crippen LogP contribution is 2.42. The number of hydrogen-bond acceptors (Lipinski definition) is 1. The van der Waals surface area contributed by atoms with Crippen LogP contribution >= 0.6 is 0 Å². The monoisotopic (exact) mass is 376 g/mol. The molecule has 0 unspecified atom stereocenters. The predicted octanol–water partition coefficient (Wildman–Crippen LogP) is 6.83. The van der Waals surface area contributed by atoms with E-state index in [2.05, 4.69) is 63.3 Å². The highest BCUT2D eigenvalue weighted by atomic mass is 16.4. The summed E-state index contributed by atoms with van der Waals surface area (Å²) in [6, 6.07) is 10.7. The fourth-order valence-electron chi connectivity index (χ4n) is 3.73. The molecule has 0 amide bonds. The number of rotatable bonds is 7. The molecule has 1 N–H and O–H groups in total. The lowest BCUT2D eigenvalue weighted by Gasteiger charge is -2.34. The zero-order valence-corrected chi connectivity index (χ0v) is 17.5. The summed E-state index contributed by atoms with van der Waals surface area (Å²) in [6.45, 7) is 8.55. The first-order valence-electron chi connectivity index (χ1n) is 9.98. The van der Waals surface area contributed by atoms with Crippen LogP contribution in [0.25, 0.3) is 0 Å². The average Bonchev–Trinajstić information content (AvgIpc) is 2.61. The lowest BCUT2D eigenvalue weighted by Crippen LogP contribution is -2.20. The van der Waals surface area contributed by atoms with Gasteiger partial charge in [0.2, 0.25) is 0 Å². The van der Waals surface area contributed by atoms with E-state index < -0.39 is 5.97 Å². The van der Waals surface area contributed by atoms with E-state index in [1.807, 2.05) is 18.2 Å². The van der Waals surface area contributed by atoms with Crippen LogP contribution in [0.4, 0.5) is 0 Å². The molecule has 1 aromatic carbocycles. The third-order valence-electron chi connectivity index (χ3n) is 5.23. The van der Waals surface area contributed by atoms with Crippen molar-refractivity contribution in [3.8, 4) is 0 Å². The van der Waals surface area contributed by atoms with Gasteiger partial charge in [-0.1, -0.05) is 85.7 Å². The van der Waals surface area contributed by atoms with E-state index in [0.29, 0.717) is 0 Å². The van der Waals surface area contributed by atoms with Gasteiger partial charge in [0.15, 0.2) is 0 Å². The topological polar surface area (TPSA) is 37.3 Å². The molecule has 2 rings (SSSR count). The van der Waals surface area contributed by atoms with Gasteiger partial charge < -0.3 is 5.11 Å². The van der Waals surface area contributed by atoms with Gasteiger partial charge in [0.25, 0.3) is 0 Å². The second-order valence-corrected chi connectivity index (χ2v) is 8.25. The van der Waals surface area contributed by atoms with Crippen LogP contribution in [0.3, 0.4) is 0 Å². The highest BCUT2D eigenvalue weighted by Gasteiger charge is 2.28. The fraction of sp³-hybridized carbons (Fsp3) is 0.346. The van der Waals surface area contributed by atoms with Gasteiger partial charge in [-0.05, 0) is 61.7 Å². The molecule has 1 aliphatic carbocycles. The van der Waals surface area contributed by atoms with Crippen molar-refractivity contribution in [2.24, 2.45) is 5.41 Å². The molecule has 2 heteroatoms. The van der Waals surface area contributed by atoms with Crippen LogP contribution in [0.5, 0.6) is 0 Å². The summed E-state index contributed by atoms with van der Waals surface area (Å²) in [5, 5.41) is 8.76. The van der Waals surface area contributed by atoms with E-state index >= 15 is 0 Å². The summed E-state index contributed by atoms with van der Waals surface area (Å²) in [5.41, 5.74) is 6.44. The summed E-state index contributed by atoms with van der Waals surface area (Å²) >= 11 is 0. The summed E-state index contributed by atoms with van der Waals surface area (Å²) in [7, 11) is 0. The first-order chi connectivity index (χ1) is 13.3. The molecule has 0 saturated heterocycles. The Morgan fingerprint density at radius 1 is 1.11 bits per heavy atom. The van der Waals surface area contributed by atoms with Crippen LogP contribution in [-0.4, -0.2) is 11.1 Å². The van der Waals surface area contributed by atoms with Gasteiger partial charge in [0, 0.05) is 6.08 Å². The molecule has 0 bridgehead atoms. The maximum absolute atomic E-state index is 10.7. The van der Waals surface area contributed by atoms with Gasteiger partial charge in [-0.15, -0.1) is 0 Å². The molecule has 0 fully saturated rings. The molecule has 0 saturated carbocycles. The quantitative estimate of drug-likeness (QED) is 0.418. The van der Waals surface area contributed by atoms with E-state index in [1.54, 1.807) is 12.5 Å². The summed E-state index contributed by atoms with van der Waals surface area (Å²) in [4.78, 5) is 10.7. The molecule has 0 aromatic heterocycles. The van der Waals surface area contributed by atoms with Crippen molar-refractivity contribution in [3.05, 3.63) is 94.6 Å². The van der Waals surface area contributed by atoms with E-state index in [0.717, 1.165) is 17.6 Å². The lowest BCUT2D eigenvalue weighted by atomic mass is 9.71. The SMILES string of the molecule is CC(/C=C/C1=C(Cc2ccccc2)CCCC1(C)C)=C\C=C\C(C)=C\C(=O)O. The summed E-state index contributed by atoms with van der Waals surface area (Å²) in [6.07, 6.45) is 16.1. The molecule has 0 heterocycles. The van der Waals surface area contributed by atoms with Crippen molar-refractivity contribution >= 4 is 5.97 Å². The number of benzene rings is 1. The third kappa shape index (κ3) is 6.84. The number of carboxylic acids is 1. The largest absolute Gasteiger partial charge is 0.478 e.